The number of anilines is 1. The van der Waals surface area contributed by atoms with Gasteiger partial charge in [0.2, 0.25) is 0 Å². The van der Waals surface area contributed by atoms with Crippen LogP contribution in [-0.4, -0.2) is 6.04 Å². The summed E-state index contributed by atoms with van der Waals surface area (Å²) in [5.74, 6) is 0.909. The number of para-hydroxylation sites is 1. The van der Waals surface area contributed by atoms with E-state index in [9.17, 15) is 0 Å². The normalized spacial score (nSPS) is 23.6. The number of aryl methyl sites for hydroxylation is 1. The maximum atomic E-state index is 3.79. The predicted octanol–water partition coefficient (Wildman–Crippen LogP) is 5.66. The largest absolute Gasteiger partial charge is 0.382 e. The molecule has 112 valence electrons. The molecule has 1 heteroatoms. The molecular formula is C19H31N. The Bertz CT molecular complexity index is 414. The lowest BCUT2D eigenvalue weighted by atomic mass is 9.69. The van der Waals surface area contributed by atoms with Crippen LogP contribution in [0, 0.1) is 11.3 Å². The molecule has 1 aromatic carbocycles. The summed E-state index contributed by atoms with van der Waals surface area (Å²) in [5, 5.41) is 3.79. The molecule has 2 rings (SSSR count). The van der Waals surface area contributed by atoms with Gasteiger partial charge < -0.3 is 5.32 Å². The van der Waals surface area contributed by atoms with Crippen molar-refractivity contribution in [1.82, 2.24) is 0 Å². The standard InChI is InChI=1S/C19H31N/c1-5-15-9-7-8-10-18(15)20-17-13-11-16(12-14-17)19(3,4)6-2/h7-10,16-17,20H,5-6,11-14H2,1-4H3. The molecule has 1 nitrogen and oxygen atoms in total. The molecule has 0 unspecified atom stereocenters. The number of hydrogen-bond donors (Lipinski definition) is 1. The highest BCUT2D eigenvalue weighted by atomic mass is 14.9. The van der Waals surface area contributed by atoms with Crippen LogP contribution in [0.15, 0.2) is 24.3 Å². The second kappa shape index (κ2) is 6.65. The van der Waals surface area contributed by atoms with Crippen molar-refractivity contribution < 1.29 is 0 Å². The monoisotopic (exact) mass is 273 g/mol. The van der Waals surface area contributed by atoms with Crippen molar-refractivity contribution in [3.8, 4) is 0 Å². The molecule has 0 spiro atoms. The molecule has 1 aliphatic carbocycles. The zero-order chi connectivity index (χ0) is 14.6. The molecule has 0 aliphatic heterocycles. The third-order valence-electron chi connectivity index (χ3n) is 5.50. The second-order valence-corrected chi connectivity index (χ2v) is 7.05. The summed E-state index contributed by atoms with van der Waals surface area (Å²) in [4.78, 5) is 0. The first kappa shape index (κ1) is 15.4. The van der Waals surface area contributed by atoms with Gasteiger partial charge >= 0.3 is 0 Å². The van der Waals surface area contributed by atoms with Gasteiger partial charge in [0.15, 0.2) is 0 Å². The Kier molecular flexibility index (Phi) is 5.12. The quantitative estimate of drug-likeness (QED) is 0.730. The van der Waals surface area contributed by atoms with Crippen LogP contribution in [0.25, 0.3) is 0 Å². The Labute approximate surface area is 125 Å². The van der Waals surface area contributed by atoms with Gasteiger partial charge in [0.05, 0.1) is 0 Å². The van der Waals surface area contributed by atoms with Gasteiger partial charge in [-0.25, -0.2) is 0 Å². The minimum Gasteiger partial charge on any atom is -0.382 e. The molecule has 0 radical (unpaired) electrons. The van der Waals surface area contributed by atoms with E-state index in [4.69, 9.17) is 0 Å². The molecule has 1 aromatic rings. The van der Waals surface area contributed by atoms with E-state index in [1.807, 2.05) is 0 Å². The van der Waals surface area contributed by atoms with Gasteiger partial charge in [0.1, 0.15) is 0 Å². The van der Waals surface area contributed by atoms with Crippen molar-refractivity contribution in [3.05, 3.63) is 29.8 Å². The molecule has 20 heavy (non-hydrogen) atoms. The van der Waals surface area contributed by atoms with Crippen molar-refractivity contribution in [3.63, 3.8) is 0 Å². The van der Waals surface area contributed by atoms with E-state index in [1.165, 1.54) is 43.4 Å². The fourth-order valence-corrected chi connectivity index (χ4v) is 3.50. The Morgan fingerprint density at radius 1 is 1.05 bits per heavy atom. The van der Waals surface area contributed by atoms with Crippen molar-refractivity contribution >= 4 is 5.69 Å². The van der Waals surface area contributed by atoms with Gasteiger partial charge in [-0.2, -0.15) is 0 Å². The molecule has 0 saturated heterocycles. The van der Waals surface area contributed by atoms with E-state index >= 15 is 0 Å². The van der Waals surface area contributed by atoms with Crippen molar-refractivity contribution in [1.29, 1.82) is 0 Å². The van der Waals surface area contributed by atoms with Crippen LogP contribution in [0.1, 0.15) is 65.4 Å². The highest BCUT2D eigenvalue weighted by molar-refractivity contribution is 5.51. The van der Waals surface area contributed by atoms with Gasteiger partial charge in [-0.05, 0) is 55.1 Å². The van der Waals surface area contributed by atoms with E-state index < -0.39 is 0 Å². The summed E-state index contributed by atoms with van der Waals surface area (Å²) >= 11 is 0. The minimum absolute atomic E-state index is 0.520. The van der Waals surface area contributed by atoms with Crippen LogP contribution in [0.4, 0.5) is 5.69 Å². The topological polar surface area (TPSA) is 12.0 Å². The summed E-state index contributed by atoms with van der Waals surface area (Å²) in [6, 6.07) is 9.44. The highest BCUT2D eigenvalue weighted by Crippen LogP contribution is 2.41. The van der Waals surface area contributed by atoms with Crippen LogP contribution >= 0.6 is 0 Å². The third kappa shape index (κ3) is 3.56. The van der Waals surface area contributed by atoms with E-state index in [2.05, 4.69) is 57.3 Å². The van der Waals surface area contributed by atoms with Crippen LogP contribution in [0.3, 0.4) is 0 Å². The average Bonchev–Trinajstić information content (AvgIpc) is 2.48. The Balaban J connectivity index is 1.92. The molecule has 1 N–H and O–H groups in total. The molecule has 1 fully saturated rings. The molecule has 0 bridgehead atoms. The lowest BCUT2D eigenvalue weighted by Crippen LogP contribution is -2.32. The first-order valence-corrected chi connectivity index (χ1v) is 8.41. The van der Waals surface area contributed by atoms with Gasteiger partial charge in [-0.1, -0.05) is 52.3 Å². The summed E-state index contributed by atoms with van der Waals surface area (Å²) < 4.78 is 0. The zero-order valence-electron chi connectivity index (χ0n) is 13.7. The Morgan fingerprint density at radius 2 is 1.70 bits per heavy atom. The second-order valence-electron chi connectivity index (χ2n) is 7.05. The van der Waals surface area contributed by atoms with Crippen molar-refractivity contribution in [2.75, 3.05) is 5.32 Å². The predicted molar refractivity (Wildman–Crippen MR) is 89.3 cm³/mol. The van der Waals surface area contributed by atoms with Crippen molar-refractivity contribution in [2.24, 2.45) is 11.3 Å². The number of benzene rings is 1. The average molecular weight is 273 g/mol. The highest BCUT2D eigenvalue weighted by Gasteiger charge is 2.31. The molecule has 0 heterocycles. The van der Waals surface area contributed by atoms with E-state index in [1.54, 1.807) is 0 Å². The Hall–Kier alpha value is -0.980. The van der Waals surface area contributed by atoms with Crippen LogP contribution in [-0.2, 0) is 6.42 Å². The molecule has 0 amide bonds. The molecule has 1 saturated carbocycles. The minimum atomic E-state index is 0.520. The smallest absolute Gasteiger partial charge is 0.0374 e. The maximum absolute atomic E-state index is 3.79. The number of nitrogens with one attached hydrogen (secondary N) is 1. The molecule has 1 aliphatic rings. The number of hydrogen-bond acceptors (Lipinski definition) is 1. The number of rotatable bonds is 5. The lowest BCUT2D eigenvalue weighted by Gasteiger charge is -2.39. The lowest BCUT2D eigenvalue weighted by molar-refractivity contribution is 0.147. The van der Waals surface area contributed by atoms with E-state index in [0.29, 0.717) is 11.5 Å². The summed E-state index contributed by atoms with van der Waals surface area (Å²) in [6.45, 7) is 9.46. The van der Waals surface area contributed by atoms with Gasteiger partial charge in [-0.15, -0.1) is 0 Å². The third-order valence-corrected chi connectivity index (χ3v) is 5.50. The zero-order valence-corrected chi connectivity index (χ0v) is 13.7. The fourth-order valence-electron chi connectivity index (χ4n) is 3.50. The van der Waals surface area contributed by atoms with Crippen molar-refractivity contribution in [2.45, 2.75) is 72.3 Å². The molecular weight excluding hydrogens is 242 g/mol. The SMILES string of the molecule is CCc1ccccc1NC1CCC(C(C)(C)CC)CC1. The molecule has 0 atom stereocenters. The van der Waals surface area contributed by atoms with Gasteiger partial charge in [0.25, 0.3) is 0 Å². The molecule has 0 aromatic heterocycles. The Morgan fingerprint density at radius 3 is 2.30 bits per heavy atom. The summed E-state index contributed by atoms with van der Waals surface area (Å²) in [6.07, 6.45) is 7.83. The van der Waals surface area contributed by atoms with Gasteiger partial charge in [0, 0.05) is 11.7 Å². The van der Waals surface area contributed by atoms with E-state index in [-0.39, 0.29) is 0 Å². The van der Waals surface area contributed by atoms with Crippen LogP contribution in [0.2, 0.25) is 0 Å². The van der Waals surface area contributed by atoms with Crippen LogP contribution in [0.5, 0.6) is 0 Å². The summed E-state index contributed by atoms with van der Waals surface area (Å²) in [7, 11) is 0. The fraction of sp³-hybridized carbons (Fsp3) is 0.684. The first-order valence-electron chi connectivity index (χ1n) is 8.41. The van der Waals surface area contributed by atoms with Crippen LogP contribution < -0.4 is 5.32 Å². The maximum Gasteiger partial charge on any atom is 0.0374 e. The first-order chi connectivity index (χ1) is 9.56. The van der Waals surface area contributed by atoms with Gasteiger partial charge in [-0.3, -0.25) is 0 Å². The summed E-state index contributed by atoms with van der Waals surface area (Å²) in [5.41, 5.74) is 3.32. The van der Waals surface area contributed by atoms with E-state index in [0.717, 1.165) is 12.3 Å².